The molecule has 1 fully saturated rings. The SMILES string of the molecule is CNCC(O)c1ccc(C2CCCCC2)c(F)c1. The van der Waals surface area contributed by atoms with E-state index in [4.69, 9.17) is 0 Å². The van der Waals surface area contributed by atoms with Crippen molar-refractivity contribution in [3.63, 3.8) is 0 Å². The first kappa shape index (κ1) is 13.5. The van der Waals surface area contributed by atoms with Gasteiger partial charge in [0.05, 0.1) is 6.10 Å². The van der Waals surface area contributed by atoms with Crippen molar-refractivity contribution in [1.29, 1.82) is 0 Å². The van der Waals surface area contributed by atoms with Crippen molar-refractivity contribution in [2.24, 2.45) is 0 Å². The second-order valence-electron chi connectivity index (χ2n) is 5.19. The lowest BCUT2D eigenvalue weighted by atomic mass is 9.83. The van der Waals surface area contributed by atoms with Crippen LogP contribution in [0.2, 0.25) is 0 Å². The van der Waals surface area contributed by atoms with Crippen LogP contribution in [0.1, 0.15) is 55.3 Å². The predicted octanol–water partition coefficient (Wildman–Crippen LogP) is 3.13. The van der Waals surface area contributed by atoms with Gasteiger partial charge in [0.2, 0.25) is 0 Å². The fraction of sp³-hybridized carbons (Fsp3) is 0.600. The second-order valence-corrected chi connectivity index (χ2v) is 5.19. The summed E-state index contributed by atoms with van der Waals surface area (Å²) < 4.78 is 14.1. The Hall–Kier alpha value is -0.930. The molecule has 1 atom stereocenters. The van der Waals surface area contributed by atoms with E-state index < -0.39 is 6.10 Å². The maximum Gasteiger partial charge on any atom is 0.127 e. The van der Waals surface area contributed by atoms with Crippen LogP contribution in [0.3, 0.4) is 0 Å². The number of benzene rings is 1. The number of nitrogens with one attached hydrogen (secondary N) is 1. The second kappa shape index (κ2) is 6.30. The molecule has 1 aliphatic rings. The molecule has 18 heavy (non-hydrogen) atoms. The van der Waals surface area contributed by atoms with Gasteiger partial charge in [0.25, 0.3) is 0 Å². The fourth-order valence-corrected chi connectivity index (χ4v) is 2.81. The minimum absolute atomic E-state index is 0.158. The topological polar surface area (TPSA) is 32.3 Å². The molecular weight excluding hydrogens is 229 g/mol. The molecule has 0 amide bonds. The maximum absolute atomic E-state index is 14.1. The van der Waals surface area contributed by atoms with Crippen LogP contribution >= 0.6 is 0 Å². The molecule has 0 bridgehead atoms. The first-order valence-electron chi connectivity index (χ1n) is 6.84. The lowest BCUT2D eigenvalue weighted by molar-refractivity contribution is 0.177. The van der Waals surface area contributed by atoms with Crippen LogP contribution in [0, 0.1) is 5.82 Å². The van der Waals surface area contributed by atoms with Crippen LogP contribution in [0.15, 0.2) is 18.2 Å². The molecule has 1 aromatic carbocycles. The Labute approximate surface area is 108 Å². The molecule has 0 spiro atoms. The van der Waals surface area contributed by atoms with E-state index in [0.717, 1.165) is 18.4 Å². The van der Waals surface area contributed by atoms with Crippen molar-refractivity contribution in [2.75, 3.05) is 13.6 Å². The Balaban J connectivity index is 2.13. The van der Waals surface area contributed by atoms with Crippen LogP contribution in [-0.2, 0) is 0 Å². The first-order chi connectivity index (χ1) is 8.72. The van der Waals surface area contributed by atoms with Gasteiger partial charge in [-0.15, -0.1) is 0 Å². The monoisotopic (exact) mass is 251 g/mol. The van der Waals surface area contributed by atoms with Crippen molar-refractivity contribution in [1.82, 2.24) is 5.32 Å². The van der Waals surface area contributed by atoms with Crippen LogP contribution in [-0.4, -0.2) is 18.7 Å². The number of hydrogen-bond donors (Lipinski definition) is 2. The van der Waals surface area contributed by atoms with Crippen molar-refractivity contribution >= 4 is 0 Å². The zero-order chi connectivity index (χ0) is 13.0. The van der Waals surface area contributed by atoms with E-state index in [1.54, 1.807) is 7.05 Å². The summed E-state index contributed by atoms with van der Waals surface area (Å²) in [5.74, 6) is 0.212. The summed E-state index contributed by atoms with van der Waals surface area (Å²) in [7, 11) is 1.77. The summed E-state index contributed by atoms with van der Waals surface area (Å²) in [5.41, 5.74) is 1.48. The Bertz CT molecular complexity index is 388. The molecule has 0 saturated heterocycles. The molecular formula is C15H22FNO. The van der Waals surface area contributed by atoms with Gasteiger partial charge >= 0.3 is 0 Å². The highest BCUT2D eigenvalue weighted by molar-refractivity contribution is 5.29. The van der Waals surface area contributed by atoms with Crippen molar-refractivity contribution in [3.8, 4) is 0 Å². The lowest BCUT2D eigenvalue weighted by Crippen LogP contribution is -2.17. The van der Waals surface area contributed by atoms with Gasteiger partial charge in [0.15, 0.2) is 0 Å². The van der Waals surface area contributed by atoms with Crippen molar-refractivity contribution < 1.29 is 9.50 Å². The maximum atomic E-state index is 14.1. The quantitative estimate of drug-likeness (QED) is 0.861. The molecule has 1 aromatic rings. The number of hydrogen-bond acceptors (Lipinski definition) is 2. The molecule has 0 heterocycles. The summed E-state index contributed by atoms with van der Waals surface area (Å²) in [6.45, 7) is 0.447. The Morgan fingerprint density at radius 1 is 1.33 bits per heavy atom. The molecule has 1 saturated carbocycles. The van der Waals surface area contributed by atoms with Gasteiger partial charge in [0, 0.05) is 6.54 Å². The Morgan fingerprint density at radius 3 is 2.67 bits per heavy atom. The van der Waals surface area contributed by atoms with E-state index in [-0.39, 0.29) is 5.82 Å². The van der Waals surface area contributed by atoms with Gasteiger partial charge in [-0.3, -0.25) is 0 Å². The van der Waals surface area contributed by atoms with Gasteiger partial charge < -0.3 is 10.4 Å². The normalized spacial score (nSPS) is 18.8. The van der Waals surface area contributed by atoms with Crippen molar-refractivity contribution in [2.45, 2.75) is 44.1 Å². The van der Waals surface area contributed by atoms with Gasteiger partial charge in [-0.25, -0.2) is 4.39 Å². The van der Waals surface area contributed by atoms with Gasteiger partial charge in [-0.1, -0.05) is 31.4 Å². The van der Waals surface area contributed by atoms with Crippen LogP contribution in [0.5, 0.6) is 0 Å². The summed E-state index contributed by atoms with van der Waals surface area (Å²) in [6.07, 6.45) is 5.23. The molecule has 2 nitrogen and oxygen atoms in total. The highest BCUT2D eigenvalue weighted by atomic mass is 19.1. The smallest absolute Gasteiger partial charge is 0.127 e. The molecule has 0 aromatic heterocycles. The third kappa shape index (κ3) is 3.09. The lowest BCUT2D eigenvalue weighted by Gasteiger charge is -2.23. The average molecular weight is 251 g/mol. The standard InChI is InChI=1S/C15H22FNO/c1-17-10-15(18)12-7-8-13(14(16)9-12)11-5-3-2-4-6-11/h7-9,11,15,17-18H,2-6,10H2,1H3. The van der Waals surface area contributed by atoms with Gasteiger partial charge in [0.1, 0.15) is 5.82 Å². The van der Waals surface area contributed by atoms with Crippen LogP contribution in [0.25, 0.3) is 0 Å². The summed E-state index contributed by atoms with van der Waals surface area (Å²) in [5, 5.41) is 12.7. The molecule has 1 unspecified atom stereocenters. The summed E-state index contributed by atoms with van der Waals surface area (Å²) in [6, 6.07) is 5.21. The molecule has 100 valence electrons. The van der Waals surface area contributed by atoms with E-state index in [0.29, 0.717) is 18.0 Å². The van der Waals surface area contributed by atoms with Crippen molar-refractivity contribution in [3.05, 3.63) is 35.1 Å². The van der Waals surface area contributed by atoms with E-state index >= 15 is 0 Å². The third-order valence-corrected chi connectivity index (χ3v) is 3.85. The largest absolute Gasteiger partial charge is 0.387 e. The molecule has 0 aliphatic heterocycles. The van der Waals surface area contributed by atoms with Gasteiger partial charge in [-0.05, 0) is 43.0 Å². The molecule has 0 radical (unpaired) electrons. The molecule has 2 rings (SSSR count). The number of halogens is 1. The Morgan fingerprint density at radius 2 is 2.06 bits per heavy atom. The van der Waals surface area contributed by atoms with E-state index in [1.165, 1.54) is 25.3 Å². The highest BCUT2D eigenvalue weighted by Crippen LogP contribution is 2.34. The van der Waals surface area contributed by atoms with E-state index in [1.807, 2.05) is 12.1 Å². The minimum atomic E-state index is -0.634. The first-order valence-corrected chi connectivity index (χ1v) is 6.84. The number of aliphatic hydroxyl groups is 1. The number of aliphatic hydroxyl groups excluding tert-OH is 1. The molecule has 2 N–H and O–H groups in total. The summed E-state index contributed by atoms with van der Waals surface area (Å²) >= 11 is 0. The van der Waals surface area contributed by atoms with E-state index in [2.05, 4.69) is 5.32 Å². The average Bonchev–Trinajstić information content (AvgIpc) is 2.40. The van der Waals surface area contributed by atoms with Gasteiger partial charge in [-0.2, -0.15) is 0 Å². The Kier molecular flexibility index (Phi) is 4.72. The number of rotatable bonds is 4. The van der Waals surface area contributed by atoms with Crippen LogP contribution in [0.4, 0.5) is 4.39 Å². The third-order valence-electron chi connectivity index (χ3n) is 3.85. The zero-order valence-electron chi connectivity index (χ0n) is 11.0. The van der Waals surface area contributed by atoms with E-state index in [9.17, 15) is 9.50 Å². The molecule has 3 heteroatoms. The fourth-order valence-electron chi connectivity index (χ4n) is 2.81. The minimum Gasteiger partial charge on any atom is -0.387 e. The van der Waals surface area contributed by atoms with Crippen LogP contribution < -0.4 is 5.32 Å². The predicted molar refractivity (Wildman–Crippen MR) is 71.1 cm³/mol. The zero-order valence-corrected chi connectivity index (χ0v) is 11.0. The molecule has 1 aliphatic carbocycles. The summed E-state index contributed by atoms with van der Waals surface area (Å²) in [4.78, 5) is 0. The highest BCUT2D eigenvalue weighted by Gasteiger charge is 2.19. The number of likely N-dealkylation sites (N-methyl/N-ethyl adjacent to an activating group) is 1.